The van der Waals surface area contributed by atoms with Crippen LogP contribution in [0.2, 0.25) is 5.02 Å². The molecule has 3 aromatic rings. The Morgan fingerprint density at radius 3 is 2.33 bits per heavy atom. The summed E-state index contributed by atoms with van der Waals surface area (Å²) in [5, 5.41) is 0.483. The predicted octanol–water partition coefficient (Wildman–Crippen LogP) is 8.68. The maximum atomic E-state index is 13.1. The number of allylic oxidation sites excluding steroid dienone is 1. The molecule has 0 spiro atoms. The number of aryl methyl sites for hydroxylation is 1. The maximum absolute atomic E-state index is 13.1. The van der Waals surface area contributed by atoms with E-state index in [1.165, 1.54) is 19.3 Å². The molecule has 0 saturated carbocycles. The van der Waals surface area contributed by atoms with Crippen LogP contribution in [0.15, 0.2) is 60.7 Å². The van der Waals surface area contributed by atoms with E-state index >= 15 is 0 Å². The van der Waals surface area contributed by atoms with E-state index in [0.717, 1.165) is 90.2 Å². The molecule has 1 saturated heterocycles. The van der Waals surface area contributed by atoms with Gasteiger partial charge in [-0.3, -0.25) is 4.90 Å². The topological polar surface area (TPSA) is 83.5 Å². The Bertz CT molecular complexity index is 1640. The largest absolute Gasteiger partial charge is 0.497 e. The lowest BCUT2D eigenvalue weighted by Crippen LogP contribution is -2.33. The Balaban J connectivity index is 1.51. The van der Waals surface area contributed by atoms with Crippen molar-refractivity contribution < 1.29 is 31.8 Å². The van der Waals surface area contributed by atoms with E-state index in [2.05, 4.69) is 11.8 Å². The number of likely N-dealkylation sites (tertiary alicyclic amines) is 1. The summed E-state index contributed by atoms with van der Waals surface area (Å²) in [6, 6.07) is 19.3. The quantitative estimate of drug-likeness (QED) is 0.0787. The molecule has 10 heteroatoms. The Morgan fingerprint density at radius 1 is 0.854 bits per heavy atom. The fraction of sp³-hybridized carbons (Fsp3) is 0.474. The van der Waals surface area contributed by atoms with Crippen LogP contribution >= 0.6 is 11.6 Å². The van der Waals surface area contributed by atoms with E-state index in [4.69, 9.17) is 35.0 Å². The molecule has 3 aromatic carbocycles. The predicted molar refractivity (Wildman–Crippen MR) is 191 cm³/mol. The van der Waals surface area contributed by atoms with Crippen LogP contribution in [0.3, 0.4) is 0 Å². The first-order valence-electron chi connectivity index (χ1n) is 17.1. The van der Waals surface area contributed by atoms with Crippen molar-refractivity contribution in [1.29, 1.82) is 0 Å². The van der Waals surface area contributed by atoms with Crippen molar-refractivity contribution in [3.05, 3.63) is 87.9 Å². The molecule has 1 unspecified atom stereocenters. The number of halogens is 1. The summed E-state index contributed by atoms with van der Waals surface area (Å²) < 4.78 is 48.6. The van der Waals surface area contributed by atoms with Crippen LogP contribution in [0.5, 0.6) is 17.2 Å². The highest BCUT2D eigenvalue weighted by atomic mass is 35.5. The third-order valence-corrected chi connectivity index (χ3v) is 10.5. The lowest BCUT2D eigenvalue weighted by atomic mass is 9.79. The molecule has 48 heavy (non-hydrogen) atoms. The van der Waals surface area contributed by atoms with Crippen molar-refractivity contribution in [2.24, 2.45) is 0 Å². The van der Waals surface area contributed by atoms with Gasteiger partial charge in [-0.1, -0.05) is 68.5 Å². The number of piperidine rings is 1. The fourth-order valence-corrected chi connectivity index (χ4v) is 7.58. The summed E-state index contributed by atoms with van der Waals surface area (Å²) >= 11 is 6.62. The first-order chi connectivity index (χ1) is 23.3. The number of hydrogen-bond donors (Lipinski definition) is 0. The monoisotopic (exact) mass is 697 g/mol. The first kappa shape index (κ1) is 36.2. The van der Waals surface area contributed by atoms with E-state index in [0.29, 0.717) is 30.2 Å². The molecule has 1 aliphatic carbocycles. The SMILES string of the molecule is CCCCCCS(=O)(=O)OOC(C1=C(c2ccc(OC)c(Cl)c2)CCc2cc(OC)ccc21)c1ccc(OCCN2CCCCC2)cc1. The van der Waals surface area contributed by atoms with Crippen molar-refractivity contribution in [1.82, 2.24) is 4.90 Å². The van der Waals surface area contributed by atoms with Gasteiger partial charge in [-0.15, -0.1) is 4.33 Å². The summed E-state index contributed by atoms with van der Waals surface area (Å²) in [5.74, 6) is 1.95. The normalized spacial score (nSPS) is 16.0. The number of unbranched alkanes of at least 4 members (excludes halogenated alkanes) is 3. The number of nitrogens with zero attached hydrogens (tertiary/aromatic N) is 1. The number of rotatable bonds is 17. The molecule has 8 nitrogen and oxygen atoms in total. The van der Waals surface area contributed by atoms with Gasteiger partial charge in [-0.2, -0.15) is 8.42 Å². The molecule has 5 rings (SSSR count). The molecule has 0 N–H and O–H groups in total. The second-order valence-corrected chi connectivity index (χ2v) is 14.5. The van der Waals surface area contributed by atoms with Crippen LogP contribution < -0.4 is 14.2 Å². The van der Waals surface area contributed by atoms with Gasteiger partial charge in [0, 0.05) is 6.54 Å². The summed E-state index contributed by atoms with van der Waals surface area (Å²) in [4.78, 5) is 8.49. The van der Waals surface area contributed by atoms with Gasteiger partial charge in [-0.05, 0) is 115 Å². The van der Waals surface area contributed by atoms with Crippen LogP contribution in [0.4, 0.5) is 0 Å². The molecule has 0 bridgehead atoms. The minimum atomic E-state index is -3.95. The average molecular weight is 698 g/mol. The number of ether oxygens (including phenoxy) is 3. The van der Waals surface area contributed by atoms with E-state index < -0.39 is 16.2 Å². The average Bonchev–Trinajstić information content (AvgIpc) is 3.11. The Hall–Kier alpha value is -3.08. The molecule has 260 valence electrons. The summed E-state index contributed by atoms with van der Waals surface area (Å²) in [6.45, 7) is 5.81. The highest BCUT2D eigenvalue weighted by Crippen LogP contribution is 2.47. The third-order valence-electron chi connectivity index (χ3n) is 9.13. The van der Waals surface area contributed by atoms with Crippen LogP contribution in [0, 0.1) is 0 Å². The standard InChI is InChI=1S/C38H48ClNO7S/c1-4-5-6-10-25-48(41,42)47-46-38(28-11-15-31(16-12-28)45-24-23-40-21-8-7-9-22-40)37-33(30-14-20-36(44-3)35(39)27-30)18-13-29-26-32(43-2)17-19-34(29)37/h11-12,14-17,19-20,26-27,38H,4-10,13,18,21-25H2,1-3H3. The van der Waals surface area contributed by atoms with E-state index in [-0.39, 0.29) is 5.75 Å². The van der Waals surface area contributed by atoms with Crippen molar-refractivity contribution in [2.75, 3.05) is 46.2 Å². The summed E-state index contributed by atoms with van der Waals surface area (Å²) in [7, 11) is -0.722. The van der Waals surface area contributed by atoms with Gasteiger partial charge in [-0.25, -0.2) is 4.89 Å². The van der Waals surface area contributed by atoms with E-state index in [1.54, 1.807) is 14.2 Å². The molecule has 0 radical (unpaired) electrons. The lowest BCUT2D eigenvalue weighted by molar-refractivity contribution is -0.226. The van der Waals surface area contributed by atoms with Gasteiger partial charge in [0.25, 0.3) is 10.1 Å². The molecule has 1 fully saturated rings. The zero-order chi connectivity index (χ0) is 33.9. The minimum absolute atomic E-state index is 0.114. The number of methoxy groups -OCH3 is 2. The van der Waals surface area contributed by atoms with Gasteiger partial charge in [0.15, 0.2) is 0 Å². The molecule has 1 atom stereocenters. The van der Waals surface area contributed by atoms with Crippen molar-refractivity contribution >= 4 is 32.9 Å². The molecule has 1 heterocycles. The number of hydrogen-bond acceptors (Lipinski definition) is 8. The molecule has 2 aliphatic rings. The minimum Gasteiger partial charge on any atom is -0.497 e. The van der Waals surface area contributed by atoms with Gasteiger partial charge >= 0.3 is 0 Å². The number of fused-ring (bicyclic) bond motifs is 1. The third kappa shape index (κ3) is 9.54. The number of benzene rings is 3. The summed E-state index contributed by atoms with van der Waals surface area (Å²) in [6.07, 6.45) is 7.61. The Labute approximate surface area is 291 Å². The zero-order valence-corrected chi connectivity index (χ0v) is 29.9. The highest BCUT2D eigenvalue weighted by Gasteiger charge is 2.31. The Kier molecular flexibility index (Phi) is 13.2. The van der Waals surface area contributed by atoms with Gasteiger partial charge in [0.05, 0.1) is 25.0 Å². The highest BCUT2D eigenvalue weighted by molar-refractivity contribution is 7.86. The first-order valence-corrected chi connectivity index (χ1v) is 19.0. The van der Waals surface area contributed by atoms with Crippen LogP contribution in [0.1, 0.15) is 86.6 Å². The summed E-state index contributed by atoms with van der Waals surface area (Å²) in [5.41, 5.74) is 5.41. The van der Waals surface area contributed by atoms with E-state index in [1.807, 2.05) is 60.7 Å². The van der Waals surface area contributed by atoms with Gasteiger partial charge in [0.2, 0.25) is 0 Å². The molecule has 0 aromatic heterocycles. The Morgan fingerprint density at radius 2 is 1.62 bits per heavy atom. The zero-order valence-electron chi connectivity index (χ0n) is 28.3. The maximum Gasteiger partial charge on any atom is 0.293 e. The second kappa shape index (κ2) is 17.5. The van der Waals surface area contributed by atoms with Crippen molar-refractivity contribution in [3.8, 4) is 17.2 Å². The van der Waals surface area contributed by atoms with Crippen molar-refractivity contribution in [2.45, 2.75) is 70.8 Å². The van der Waals surface area contributed by atoms with E-state index in [9.17, 15) is 8.42 Å². The smallest absolute Gasteiger partial charge is 0.293 e. The second-order valence-electron chi connectivity index (χ2n) is 12.5. The van der Waals surface area contributed by atoms with Crippen molar-refractivity contribution in [3.63, 3.8) is 0 Å². The van der Waals surface area contributed by atoms with Crippen LogP contribution in [-0.2, 0) is 25.8 Å². The van der Waals surface area contributed by atoms with Crippen LogP contribution in [-0.4, -0.2) is 59.5 Å². The molecular formula is C38H48ClNO7S. The molecular weight excluding hydrogens is 650 g/mol. The lowest BCUT2D eigenvalue weighted by Gasteiger charge is -2.30. The van der Waals surface area contributed by atoms with Gasteiger partial charge in [0.1, 0.15) is 30.0 Å². The molecule has 1 aliphatic heterocycles. The van der Waals surface area contributed by atoms with Gasteiger partial charge < -0.3 is 14.2 Å². The molecule has 0 amide bonds. The van der Waals surface area contributed by atoms with Crippen LogP contribution in [0.25, 0.3) is 11.1 Å². The fourth-order valence-electron chi connectivity index (χ4n) is 6.50.